The van der Waals surface area contributed by atoms with Gasteiger partial charge in [0, 0.05) is 22.7 Å². The Morgan fingerprint density at radius 2 is 1.79 bits per heavy atom. The first-order valence-corrected chi connectivity index (χ1v) is 8.26. The average Bonchev–Trinajstić information content (AvgIpc) is 2.60. The number of carbonyl (C=O) groups is 1. The summed E-state index contributed by atoms with van der Waals surface area (Å²) in [6.07, 6.45) is 0. The normalized spacial score (nSPS) is 10.5. The number of non-ortho nitro benzene ring substituents is 1. The van der Waals surface area contributed by atoms with Gasteiger partial charge in [0.25, 0.3) is 5.69 Å². The van der Waals surface area contributed by atoms with Gasteiger partial charge in [-0.25, -0.2) is 0 Å². The number of nitrogens with one attached hydrogen (secondary N) is 1. The number of hydrogen-bond acceptors (Lipinski definition) is 4. The second kappa shape index (κ2) is 7.14. The predicted molar refractivity (Wildman–Crippen MR) is 96.4 cm³/mol. The van der Waals surface area contributed by atoms with Crippen LogP contribution in [0.2, 0.25) is 0 Å². The lowest BCUT2D eigenvalue weighted by Gasteiger charge is -2.06. The molecular weight excluding hydrogens is 324 g/mol. The Hall–Kier alpha value is -2.86. The summed E-state index contributed by atoms with van der Waals surface area (Å²) in [7, 11) is 0. The lowest BCUT2D eigenvalue weighted by Crippen LogP contribution is -2.14. The average molecular weight is 338 g/mol. The Balaban J connectivity index is 1.62. The summed E-state index contributed by atoms with van der Waals surface area (Å²) in [4.78, 5) is 23.3. The van der Waals surface area contributed by atoms with E-state index in [0.29, 0.717) is 5.69 Å². The second-order valence-corrected chi connectivity index (χ2v) is 6.20. The minimum atomic E-state index is -0.487. The minimum Gasteiger partial charge on any atom is -0.325 e. The van der Waals surface area contributed by atoms with Crippen LogP contribution in [0.3, 0.4) is 0 Å². The van der Waals surface area contributed by atoms with E-state index in [0.717, 1.165) is 15.7 Å². The third-order valence-electron chi connectivity index (χ3n) is 3.43. The summed E-state index contributed by atoms with van der Waals surface area (Å²) in [5.41, 5.74) is 0.378. The molecule has 0 saturated heterocycles. The number of nitrogens with zero attached hydrogens (tertiary/aromatic N) is 1. The molecule has 0 bridgehead atoms. The Labute approximate surface area is 142 Å². The van der Waals surface area contributed by atoms with Crippen LogP contribution in [0.4, 0.5) is 11.4 Å². The summed E-state index contributed by atoms with van der Waals surface area (Å²) >= 11 is 1.43. The van der Waals surface area contributed by atoms with Crippen LogP contribution in [0.5, 0.6) is 0 Å². The number of anilines is 1. The molecule has 0 radical (unpaired) electrons. The van der Waals surface area contributed by atoms with Gasteiger partial charge in [-0.15, -0.1) is 11.8 Å². The maximum atomic E-state index is 12.0. The van der Waals surface area contributed by atoms with Crippen molar-refractivity contribution >= 4 is 39.8 Å². The Morgan fingerprint density at radius 1 is 1.00 bits per heavy atom. The molecule has 0 fully saturated rings. The van der Waals surface area contributed by atoms with E-state index in [1.807, 2.05) is 42.5 Å². The molecule has 0 unspecified atom stereocenters. The van der Waals surface area contributed by atoms with Crippen molar-refractivity contribution in [1.29, 1.82) is 0 Å². The van der Waals surface area contributed by atoms with Gasteiger partial charge < -0.3 is 5.32 Å². The topological polar surface area (TPSA) is 72.2 Å². The molecule has 0 aliphatic rings. The molecule has 0 aliphatic heterocycles. The fourth-order valence-corrected chi connectivity index (χ4v) is 3.04. The van der Waals surface area contributed by atoms with Gasteiger partial charge in [-0.3, -0.25) is 14.9 Å². The molecule has 3 rings (SSSR count). The summed E-state index contributed by atoms with van der Waals surface area (Å²) in [6.45, 7) is 0. The zero-order chi connectivity index (χ0) is 16.9. The molecule has 0 atom stereocenters. The molecular formula is C18H14N2O3S. The van der Waals surface area contributed by atoms with Crippen molar-refractivity contribution < 1.29 is 9.72 Å². The van der Waals surface area contributed by atoms with Crippen LogP contribution < -0.4 is 5.32 Å². The molecule has 24 heavy (non-hydrogen) atoms. The fourth-order valence-electron chi connectivity index (χ4n) is 2.30. The van der Waals surface area contributed by atoms with Gasteiger partial charge in [-0.2, -0.15) is 0 Å². The maximum absolute atomic E-state index is 12.0. The number of fused-ring (bicyclic) bond motifs is 1. The van der Waals surface area contributed by atoms with Crippen LogP contribution in [0.1, 0.15) is 0 Å². The lowest BCUT2D eigenvalue weighted by atomic mass is 10.1. The van der Waals surface area contributed by atoms with E-state index in [9.17, 15) is 14.9 Å². The van der Waals surface area contributed by atoms with Crippen LogP contribution >= 0.6 is 11.8 Å². The SMILES string of the molecule is O=C(CSc1ccc2ccccc2c1)Nc1cccc([N+](=O)[O-])c1. The summed E-state index contributed by atoms with van der Waals surface area (Å²) in [5.74, 6) is 0.0368. The van der Waals surface area contributed by atoms with Crippen molar-refractivity contribution in [1.82, 2.24) is 0 Å². The van der Waals surface area contributed by atoms with Crippen LogP contribution in [-0.4, -0.2) is 16.6 Å². The highest BCUT2D eigenvalue weighted by atomic mass is 32.2. The summed E-state index contributed by atoms with van der Waals surface area (Å²) < 4.78 is 0. The Morgan fingerprint density at radius 3 is 2.58 bits per heavy atom. The van der Waals surface area contributed by atoms with Gasteiger partial charge in [0.1, 0.15) is 0 Å². The highest BCUT2D eigenvalue weighted by molar-refractivity contribution is 8.00. The third kappa shape index (κ3) is 3.91. The first-order valence-electron chi connectivity index (χ1n) is 7.28. The van der Waals surface area contributed by atoms with E-state index in [1.54, 1.807) is 12.1 Å². The van der Waals surface area contributed by atoms with E-state index in [-0.39, 0.29) is 17.3 Å². The first-order chi connectivity index (χ1) is 11.6. The number of hydrogen-bond donors (Lipinski definition) is 1. The van der Waals surface area contributed by atoms with Crippen LogP contribution in [0.25, 0.3) is 10.8 Å². The number of carbonyl (C=O) groups excluding carboxylic acids is 1. The highest BCUT2D eigenvalue weighted by Crippen LogP contribution is 2.24. The van der Waals surface area contributed by atoms with Crippen LogP contribution in [0, 0.1) is 10.1 Å². The van der Waals surface area contributed by atoms with Crippen molar-refractivity contribution in [2.75, 3.05) is 11.1 Å². The number of nitro benzene ring substituents is 1. The molecule has 0 spiro atoms. The van der Waals surface area contributed by atoms with Gasteiger partial charge in [-0.05, 0) is 29.0 Å². The van der Waals surface area contributed by atoms with Gasteiger partial charge in [0.05, 0.1) is 10.7 Å². The van der Waals surface area contributed by atoms with Gasteiger partial charge in [0.2, 0.25) is 5.91 Å². The highest BCUT2D eigenvalue weighted by Gasteiger charge is 2.08. The number of benzene rings is 3. The predicted octanol–water partition coefficient (Wildman–Crippen LogP) is 4.48. The largest absolute Gasteiger partial charge is 0.325 e. The lowest BCUT2D eigenvalue weighted by molar-refractivity contribution is -0.384. The molecule has 3 aromatic rings. The van der Waals surface area contributed by atoms with Gasteiger partial charge in [-0.1, -0.05) is 36.4 Å². The van der Waals surface area contributed by atoms with E-state index in [1.165, 1.54) is 23.9 Å². The van der Waals surface area contributed by atoms with Gasteiger partial charge in [0.15, 0.2) is 0 Å². The molecule has 3 aromatic carbocycles. The van der Waals surface area contributed by atoms with E-state index in [4.69, 9.17) is 0 Å². The zero-order valence-corrected chi connectivity index (χ0v) is 13.5. The van der Waals surface area contributed by atoms with Crippen molar-refractivity contribution in [2.45, 2.75) is 4.90 Å². The number of nitro groups is 1. The zero-order valence-electron chi connectivity index (χ0n) is 12.6. The smallest absolute Gasteiger partial charge is 0.271 e. The summed E-state index contributed by atoms with van der Waals surface area (Å²) in [5, 5.41) is 15.7. The van der Waals surface area contributed by atoms with E-state index >= 15 is 0 Å². The van der Waals surface area contributed by atoms with Crippen molar-refractivity contribution in [3.63, 3.8) is 0 Å². The van der Waals surface area contributed by atoms with Gasteiger partial charge >= 0.3 is 0 Å². The van der Waals surface area contributed by atoms with Crippen LogP contribution in [-0.2, 0) is 4.79 Å². The fraction of sp³-hybridized carbons (Fsp3) is 0.0556. The molecule has 1 N–H and O–H groups in total. The second-order valence-electron chi connectivity index (χ2n) is 5.15. The molecule has 6 heteroatoms. The molecule has 0 heterocycles. The van der Waals surface area contributed by atoms with Crippen molar-refractivity contribution in [2.24, 2.45) is 0 Å². The molecule has 0 saturated carbocycles. The van der Waals surface area contributed by atoms with Crippen molar-refractivity contribution in [3.8, 4) is 0 Å². The Kier molecular flexibility index (Phi) is 4.77. The molecule has 0 aromatic heterocycles. The minimum absolute atomic E-state index is 0.0463. The van der Waals surface area contributed by atoms with E-state index in [2.05, 4.69) is 5.32 Å². The number of rotatable bonds is 5. The van der Waals surface area contributed by atoms with E-state index < -0.39 is 4.92 Å². The molecule has 0 aliphatic carbocycles. The molecule has 1 amide bonds. The number of amides is 1. The Bertz CT molecular complexity index is 911. The monoisotopic (exact) mass is 338 g/mol. The maximum Gasteiger partial charge on any atom is 0.271 e. The third-order valence-corrected chi connectivity index (χ3v) is 4.43. The summed E-state index contributed by atoms with van der Waals surface area (Å²) in [6, 6.07) is 20.0. The first kappa shape index (κ1) is 16.0. The van der Waals surface area contributed by atoms with Crippen molar-refractivity contribution in [3.05, 3.63) is 76.8 Å². The standard InChI is InChI=1S/C18H14N2O3S/c21-18(19-15-6-3-7-16(11-15)20(22)23)12-24-17-9-8-13-4-1-2-5-14(13)10-17/h1-11H,12H2,(H,19,21). The molecule has 120 valence electrons. The number of thioether (sulfide) groups is 1. The quantitative estimate of drug-likeness (QED) is 0.423. The molecule has 5 nitrogen and oxygen atoms in total. The van der Waals surface area contributed by atoms with Crippen LogP contribution in [0.15, 0.2) is 71.6 Å².